The van der Waals surface area contributed by atoms with Crippen molar-refractivity contribution in [1.29, 1.82) is 0 Å². The highest BCUT2D eigenvalue weighted by Crippen LogP contribution is 2.30. The van der Waals surface area contributed by atoms with Crippen LogP contribution in [0.1, 0.15) is 10.5 Å². The summed E-state index contributed by atoms with van der Waals surface area (Å²) in [5.74, 6) is 1.13. The zero-order chi connectivity index (χ0) is 16.4. The first kappa shape index (κ1) is 14.4. The second kappa shape index (κ2) is 6.16. The van der Waals surface area contributed by atoms with Gasteiger partial charge < -0.3 is 14.8 Å². The fourth-order valence-corrected chi connectivity index (χ4v) is 2.53. The molecule has 0 fully saturated rings. The number of hydrogen-bond donors (Lipinski definition) is 1. The molecule has 0 unspecified atom stereocenters. The molecule has 2 heterocycles. The van der Waals surface area contributed by atoms with E-state index in [0.29, 0.717) is 24.4 Å². The molecule has 0 saturated heterocycles. The van der Waals surface area contributed by atoms with E-state index >= 15 is 0 Å². The summed E-state index contributed by atoms with van der Waals surface area (Å²) in [6.07, 6.45) is 1.24. The largest absolute Gasteiger partial charge is 0.486 e. The van der Waals surface area contributed by atoms with Crippen molar-refractivity contribution < 1.29 is 14.3 Å². The molecular formula is C18H15N3O3. The molecule has 24 heavy (non-hydrogen) atoms. The second-order valence-corrected chi connectivity index (χ2v) is 5.45. The van der Waals surface area contributed by atoms with Gasteiger partial charge in [-0.05, 0) is 24.3 Å². The number of nitrogens with zero attached hydrogens (tertiary/aromatic N) is 2. The lowest BCUT2D eigenvalue weighted by molar-refractivity contribution is 0.0786. The quantitative estimate of drug-likeness (QED) is 0.800. The number of hydrogen-bond acceptors (Lipinski definition) is 5. The van der Waals surface area contributed by atoms with E-state index in [1.165, 1.54) is 6.20 Å². The number of benzene rings is 2. The Morgan fingerprint density at radius 1 is 1.08 bits per heavy atom. The van der Waals surface area contributed by atoms with Crippen molar-refractivity contribution in [2.45, 2.75) is 6.10 Å². The van der Waals surface area contributed by atoms with E-state index < -0.39 is 0 Å². The van der Waals surface area contributed by atoms with Gasteiger partial charge in [0.15, 0.2) is 11.5 Å². The van der Waals surface area contributed by atoms with Crippen molar-refractivity contribution in [2.24, 2.45) is 0 Å². The number of carbonyl (C=O) groups excluding carboxylic acids is 1. The number of para-hydroxylation sites is 4. The van der Waals surface area contributed by atoms with Crippen LogP contribution in [0.5, 0.6) is 11.5 Å². The van der Waals surface area contributed by atoms with Crippen LogP contribution >= 0.6 is 0 Å². The molecule has 1 aliphatic rings. The summed E-state index contributed by atoms with van der Waals surface area (Å²) >= 11 is 0. The highest BCUT2D eigenvalue weighted by molar-refractivity contribution is 5.93. The fourth-order valence-electron chi connectivity index (χ4n) is 2.53. The highest BCUT2D eigenvalue weighted by atomic mass is 16.6. The lowest BCUT2D eigenvalue weighted by atomic mass is 10.2. The number of amides is 1. The van der Waals surface area contributed by atoms with Gasteiger partial charge in [0.25, 0.3) is 5.91 Å². The number of nitrogens with one attached hydrogen (secondary N) is 1. The monoisotopic (exact) mass is 321 g/mol. The standard InChI is InChI=1S/C18H15N3O3/c22-18(15-10-19-13-5-1-2-6-14(13)21-15)20-9-12-11-23-16-7-3-4-8-17(16)24-12/h1-8,10,12H,9,11H2,(H,20,22)/t12-/m0/s1. The summed E-state index contributed by atoms with van der Waals surface area (Å²) < 4.78 is 11.4. The van der Waals surface area contributed by atoms with E-state index in [4.69, 9.17) is 9.47 Å². The van der Waals surface area contributed by atoms with E-state index in [2.05, 4.69) is 15.3 Å². The molecule has 6 nitrogen and oxygen atoms in total. The number of aromatic nitrogens is 2. The van der Waals surface area contributed by atoms with Crippen molar-refractivity contribution in [3.63, 3.8) is 0 Å². The van der Waals surface area contributed by atoms with Gasteiger partial charge in [0.05, 0.1) is 23.8 Å². The van der Waals surface area contributed by atoms with Crippen LogP contribution in [0.25, 0.3) is 11.0 Å². The Morgan fingerprint density at radius 2 is 1.83 bits per heavy atom. The van der Waals surface area contributed by atoms with Gasteiger partial charge in [-0.1, -0.05) is 24.3 Å². The predicted molar refractivity (Wildman–Crippen MR) is 88.2 cm³/mol. The van der Waals surface area contributed by atoms with Crippen LogP contribution in [0, 0.1) is 0 Å². The Hall–Kier alpha value is -3.15. The first-order valence-corrected chi connectivity index (χ1v) is 7.68. The van der Waals surface area contributed by atoms with Gasteiger partial charge in [0.2, 0.25) is 0 Å². The molecule has 0 radical (unpaired) electrons. The molecule has 2 aromatic carbocycles. The smallest absolute Gasteiger partial charge is 0.271 e. The van der Waals surface area contributed by atoms with Crippen molar-refractivity contribution in [3.05, 3.63) is 60.4 Å². The van der Waals surface area contributed by atoms with E-state index in [1.807, 2.05) is 48.5 Å². The zero-order valence-corrected chi connectivity index (χ0v) is 12.8. The minimum absolute atomic E-state index is 0.239. The molecule has 4 rings (SSSR count). The maximum absolute atomic E-state index is 12.3. The molecule has 3 aromatic rings. The third-order valence-electron chi connectivity index (χ3n) is 3.74. The van der Waals surface area contributed by atoms with Crippen molar-refractivity contribution >= 4 is 16.9 Å². The van der Waals surface area contributed by atoms with Gasteiger partial charge >= 0.3 is 0 Å². The normalized spacial score (nSPS) is 15.9. The van der Waals surface area contributed by atoms with Gasteiger partial charge in [0.1, 0.15) is 18.4 Å². The Kier molecular flexibility index (Phi) is 3.70. The van der Waals surface area contributed by atoms with Gasteiger partial charge in [0, 0.05) is 0 Å². The molecule has 6 heteroatoms. The predicted octanol–water partition coefficient (Wildman–Crippen LogP) is 2.20. The lowest BCUT2D eigenvalue weighted by Gasteiger charge is -2.26. The molecule has 1 N–H and O–H groups in total. The molecule has 0 saturated carbocycles. The summed E-state index contributed by atoms with van der Waals surface area (Å²) in [5, 5.41) is 2.82. The lowest BCUT2D eigenvalue weighted by Crippen LogP contribution is -2.41. The third kappa shape index (κ3) is 2.86. The van der Waals surface area contributed by atoms with Gasteiger partial charge in [-0.2, -0.15) is 0 Å². The van der Waals surface area contributed by atoms with E-state index in [-0.39, 0.29) is 17.7 Å². The molecule has 1 aliphatic heterocycles. The summed E-state index contributed by atoms with van der Waals surface area (Å²) in [6.45, 7) is 0.725. The summed E-state index contributed by atoms with van der Waals surface area (Å²) in [7, 11) is 0. The van der Waals surface area contributed by atoms with Crippen molar-refractivity contribution in [2.75, 3.05) is 13.2 Å². The summed E-state index contributed by atoms with van der Waals surface area (Å²) in [4.78, 5) is 20.8. The van der Waals surface area contributed by atoms with Gasteiger partial charge in [-0.25, -0.2) is 4.98 Å². The molecule has 1 amide bonds. The Bertz CT molecular complexity index is 897. The first-order chi connectivity index (χ1) is 11.8. The number of ether oxygens (including phenoxy) is 2. The van der Waals surface area contributed by atoms with E-state index in [0.717, 1.165) is 11.3 Å². The number of fused-ring (bicyclic) bond motifs is 2. The van der Waals surface area contributed by atoms with Gasteiger partial charge in [-0.15, -0.1) is 0 Å². The van der Waals surface area contributed by atoms with Crippen LogP contribution in [0.2, 0.25) is 0 Å². The average molecular weight is 321 g/mol. The van der Waals surface area contributed by atoms with Crippen LogP contribution in [0.3, 0.4) is 0 Å². The van der Waals surface area contributed by atoms with Crippen molar-refractivity contribution in [3.8, 4) is 11.5 Å². The Labute approximate surface area is 138 Å². The molecule has 1 atom stereocenters. The highest BCUT2D eigenvalue weighted by Gasteiger charge is 2.21. The van der Waals surface area contributed by atoms with Crippen LogP contribution in [-0.4, -0.2) is 35.1 Å². The second-order valence-electron chi connectivity index (χ2n) is 5.45. The van der Waals surface area contributed by atoms with E-state index in [9.17, 15) is 4.79 Å². The minimum Gasteiger partial charge on any atom is -0.486 e. The van der Waals surface area contributed by atoms with Gasteiger partial charge in [-0.3, -0.25) is 9.78 Å². The topological polar surface area (TPSA) is 73.3 Å². The average Bonchev–Trinajstić information content (AvgIpc) is 2.65. The minimum atomic E-state index is -0.282. The molecule has 0 spiro atoms. The number of carbonyl (C=O) groups is 1. The fraction of sp³-hybridized carbons (Fsp3) is 0.167. The Morgan fingerprint density at radius 3 is 2.71 bits per heavy atom. The Balaban J connectivity index is 1.41. The van der Waals surface area contributed by atoms with Crippen LogP contribution in [0.4, 0.5) is 0 Å². The molecule has 0 aliphatic carbocycles. The maximum atomic E-state index is 12.3. The summed E-state index contributed by atoms with van der Waals surface area (Å²) in [5.41, 5.74) is 1.73. The molecule has 120 valence electrons. The van der Waals surface area contributed by atoms with Crippen LogP contribution in [-0.2, 0) is 0 Å². The number of rotatable bonds is 3. The first-order valence-electron chi connectivity index (χ1n) is 7.68. The molecular weight excluding hydrogens is 306 g/mol. The van der Waals surface area contributed by atoms with Crippen molar-refractivity contribution in [1.82, 2.24) is 15.3 Å². The van der Waals surface area contributed by atoms with Crippen LogP contribution < -0.4 is 14.8 Å². The van der Waals surface area contributed by atoms with E-state index in [1.54, 1.807) is 0 Å². The maximum Gasteiger partial charge on any atom is 0.271 e. The third-order valence-corrected chi connectivity index (χ3v) is 3.74. The van der Waals surface area contributed by atoms with Crippen LogP contribution in [0.15, 0.2) is 54.7 Å². The summed E-state index contributed by atoms with van der Waals surface area (Å²) in [6, 6.07) is 14.9. The SMILES string of the molecule is O=C(NC[C@H]1COc2ccccc2O1)c1cnc2ccccc2n1. The molecule has 1 aromatic heterocycles. The molecule has 0 bridgehead atoms. The zero-order valence-electron chi connectivity index (χ0n) is 12.8.